The lowest BCUT2D eigenvalue weighted by Crippen LogP contribution is -2.42. The van der Waals surface area contributed by atoms with E-state index in [1.807, 2.05) is 4.90 Å². The predicted octanol–water partition coefficient (Wildman–Crippen LogP) is 1.14. The van der Waals surface area contributed by atoms with Gasteiger partial charge in [0, 0.05) is 6.54 Å². The molecule has 0 aromatic heterocycles. The van der Waals surface area contributed by atoms with Gasteiger partial charge in [-0.1, -0.05) is 28.8 Å². The number of hydrogen-bond acceptors (Lipinski definition) is 2. The van der Waals surface area contributed by atoms with Crippen LogP contribution in [0.5, 0.6) is 0 Å². The molecule has 1 heterocycles. The highest BCUT2D eigenvalue weighted by Crippen LogP contribution is 2.16. The summed E-state index contributed by atoms with van der Waals surface area (Å²) in [7, 11) is 0. The van der Waals surface area contributed by atoms with E-state index in [2.05, 4.69) is 15.9 Å². The second-order valence-corrected chi connectivity index (χ2v) is 3.97. The number of aliphatic hydroxyl groups excluding tert-OH is 1. The number of halogens is 1. The van der Waals surface area contributed by atoms with Gasteiger partial charge in [0.1, 0.15) is 0 Å². The largest absolute Gasteiger partial charge is 0.394 e. The molecule has 0 aromatic carbocycles. The van der Waals surface area contributed by atoms with Crippen LogP contribution in [-0.4, -0.2) is 40.4 Å². The summed E-state index contributed by atoms with van der Waals surface area (Å²) >= 11 is 3.16. The summed E-state index contributed by atoms with van der Waals surface area (Å²) < 4.78 is 0. The van der Waals surface area contributed by atoms with E-state index in [0.29, 0.717) is 5.33 Å². The first-order valence-corrected chi connectivity index (χ1v) is 5.88. The minimum atomic E-state index is 0.0487. The maximum Gasteiger partial charge on any atom is 0.233 e. The number of likely N-dealkylation sites (tertiary alicyclic amines) is 1. The van der Waals surface area contributed by atoms with Gasteiger partial charge in [-0.3, -0.25) is 4.79 Å². The molecular formula is C9H16BrNO2. The molecule has 0 saturated carbocycles. The average Bonchev–Trinajstić information content (AvgIpc) is 2.41. The number of nitrogens with zero attached hydrogens (tertiary/aromatic N) is 1. The van der Waals surface area contributed by atoms with Gasteiger partial charge >= 0.3 is 0 Å². The van der Waals surface area contributed by atoms with E-state index >= 15 is 0 Å². The fraction of sp³-hybridized carbons (Fsp3) is 0.889. The molecule has 0 bridgehead atoms. The van der Waals surface area contributed by atoms with Crippen LogP contribution in [0.2, 0.25) is 0 Å². The quantitative estimate of drug-likeness (QED) is 0.747. The summed E-state index contributed by atoms with van der Waals surface area (Å²) in [5.41, 5.74) is 0. The molecule has 1 unspecified atom stereocenters. The van der Waals surface area contributed by atoms with Gasteiger partial charge in [-0.2, -0.15) is 0 Å². The van der Waals surface area contributed by atoms with Crippen molar-refractivity contribution in [1.82, 2.24) is 4.90 Å². The Balaban J connectivity index is 2.58. The summed E-state index contributed by atoms with van der Waals surface area (Å²) in [6, 6.07) is 0.0487. The molecule has 0 radical (unpaired) electrons. The molecule has 1 aliphatic heterocycles. The molecule has 0 spiro atoms. The summed E-state index contributed by atoms with van der Waals surface area (Å²) in [6.07, 6.45) is 4.30. The van der Waals surface area contributed by atoms with E-state index in [1.165, 1.54) is 6.42 Å². The molecule has 1 atom stereocenters. The van der Waals surface area contributed by atoms with Crippen molar-refractivity contribution in [1.29, 1.82) is 0 Å². The van der Waals surface area contributed by atoms with E-state index in [-0.39, 0.29) is 18.6 Å². The number of amides is 1. The molecule has 1 amide bonds. The van der Waals surface area contributed by atoms with E-state index < -0.39 is 0 Å². The van der Waals surface area contributed by atoms with Gasteiger partial charge in [0.05, 0.1) is 18.0 Å². The summed E-state index contributed by atoms with van der Waals surface area (Å²) in [5, 5.41) is 9.49. The van der Waals surface area contributed by atoms with Crippen molar-refractivity contribution >= 4 is 21.8 Å². The molecule has 4 heteroatoms. The normalized spacial score (nSPS) is 24.2. The third kappa shape index (κ3) is 2.95. The highest BCUT2D eigenvalue weighted by Gasteiger charge is 2.23. The van der Waals surface area contributed by atoms with Crippen LogP contribution in [0.25, 0.3) is 0 Å². The van der Waals surface area contributed by atoms with Crippen LogP contribution in [0.4, 0.5) is 0 Å². The third-order valence-corrected chi connectivity index (χ3v) is 3.00. The maximum absolute atomic E-state index is 11.5. The Morgan fingerprint density at radius 3 is 2.85 bits per heavy atom. The van der Waals surface area contributed by atoms with Crippen molar-refractivity contribution in [3.05, 3.63) is 0 Å². The zero-order valence-electron chi connectivity index (χ0n) is 7.71. The van der Waals surface area contributed by atoms with E-state index in [0.717, 1.165) is 25.8 Å². The van der Waals surface area contributed by atoms with Crippen molar-refractivity contribution in [2.45, 2.75) is 31.7 Å². The molecule has 1 saturated heterocycles. The van der Waals surface area contributed by atoms with Gasteiger partial charge in [0.25, 0.3) is 0 Å². The number of carbonyl (C=O) groups is 1. The lowest BCUT2D eigenvalue weighted by atomic mass is 10.1. The van der Waals surface area contributed by atoms with Gasteiger partial charge in [0.2, 0.25) is 5.91 Å². The number of alkyl halides is 1. The second-order valence-electron chi connectivity index (χ2n) is 3.41. The topological polar surface area (TPSA) is 40.5 Å². The van der Waals surface area contributed by atoms with Crippen molar-refractivity contribution in [2.24, 2.45) is 0 Å². The highest BCUT2D eigenvalue weighted by molar-refractivity contribution is 9.09. The van der Waals surface area contributed by atoms with Crippen LogP contribution < -0.4 is 0 Å². The maximum atomic E-state index is 11.5. The van der Waals surface area contributed by atoms with Crippen LogP contribution in [0, 0.1) is 0 Å². The molecular weight excluding hydrogens is 234 g/mol. The molecule has 76 valence electrons. The Morgan fingerprint density at radius 2 is 2.23 bits per heavy atom. The predicted molar refractivity (Wildman–Crippen MR) is 54.8 cm³/mol. The zero-order valence-corrected chi connectivity index (χ0v) is 9.29. The Bertz CT molecular complexity index is 175. The fourth-order valence-electron chi connectivity index (χ4n) is 1.77. The zero-order chi connectivity index (χ0) is 9.68. The number of aliphatic hydroxyl groups is 1. The standard InChI is InChI=1S/C9H16BrNO2/c10-6-9(13)11-5-3-1-2-4-8(11)7-12/h8,12H,1-7H2. The van der Waals surface area contributed by atoms with Crippen molar-refractivity contribution < 1.29 is 9.90 Å². The molecule has 0 aliphatic carbocycles. The Hall–Kier alpha value is -0.0900. The molecule has 3 nitrogen and oxygen atoms in total. The smallest absolute Gasteiger partial charge is 0.233 e. The average molecular weight is 250 g/mol. The van der Waals surface area contributed by atoms with Crippen molar-refractivity contribution in [3.63, 3.8) is 0 Å². The first-order chi connectivity index (χ1) is 6.29. The Morgan fingerprint density at radius 1 is 1.46 bits per heavy atom. The Labute approximate surface area is 87.2 Å². The van der Waals surface area contributed by atoms with Crippen molar-refractivity contribution in [3.8, 4) is 0 Å². The minimum Gasteiger partial charge on any atom is -0.394 e. The van der Waals surface area contributed by atoms with Gasteiger partial charge in [0.15, 0.2) is 0 Å². The lowest BCUT2D eigenvalue weighted by Gasteiger charge is -2.27. The fourth-order valence-corrected chi connectivity index (χ4v) is 2.09. The first kappa shape index (κ1) is 11.0. The van der Waals surface area contributed by atoms with Gasteiger partial charge in [-0.25, -0.2) is 0 Å². The summed E-state index contributed by atoms with van der Waals surface area (Å²) in [4.78, 5) is 13.3. The second kappa shape index (κ2) is 5.60. The van der Waals surface area contributed by atoms with Crippen LogP contribution in [-0.2, 0) is 4.79 Å². The van der Waals surface area contributed by atoms with Crippen LogP contribution in [0.3, 0.4) is 0 Å². The highest BCUT2D eigenvalue weighted by atomic mass is 79.9. The molecule has 1 fully saturated rings. The molecule has 1 aliphatic rings. The SMILES string of the molecule is O=C(CBr)N1CCCCCC1CO. The minimum absolute atomic E-state index is 0.0487. The number of rotatable bonds is 2. The lowest BCUT2D eigenvalue weighted by molar-refractivity contribution is -0.131. The van der Waals surface area contributed by atoms with E-state index in [9.17, 15) is 4.79 Å². The Kier molecular flexibility index (Phi) is 4.73. The van der Waals surface area contributed by atoms with Gasteiger partial charge in [-0.15, -0.1) is 0 Å². The van der Waals surface area contributed by atoms with Crippen molar-refractivity contribution in [2.75, 3.05) is 18.5 Å². The summed E-state index contributed by atoms with van der Waals surface area (Å²) in [6.45, 7) is 0.897. The van der Waals surface area contributed by atoms with Crippen LogP contribution in [0.1, 0.15) is 25.7 Å². The summed E-state index contributed by atoms with van der Waals surface area (Å²) in [5.74, 6) is 0.0981. The molecule has 13 heavy (non-hydrogen) atoms. The molecule has 0 aromatic rings. The first-order valence-electron chi connectivity index (χ1n) is 4.76. The van der Waals surface area contributed by atoms with Gasteiger partial charge in [-0.05, 0) is 12.8 Å². The monoisotopic (exact) mass is 249 g/mol. The molecule has 1 rings (SSSR count). The van der Waals surface area contributed by atoms with Gasteiger partial charge < -0.3 is 10.0 Å². The van der Waals surface area contributed by atoms with E-state index in [1.54, 1.807) is 0 Å². The number of hydrogen-bond donors (Lipinski definition) is 1. The third-order valence-electron chi connectivity index (χ3n) is 2.52. The van der Waals surface area contributed by atoms with Crippen LogP contribution >= 0.6 is 15.9 Å². The number of carbonyl (C=O) groups excluding carboxylic acids is 1. The van der Waals surface area contributed by atoms with Crippen LogP contribution in [0.15, 0.2) is 0 Å². The van der Waals surface area contributed by atoms with E-state index in [4.69, 9.17) is 5.11 Å². The molecule has 1 N–H and O–H groups in total.